The molecule has 5 nitrogen and oxygen atoms in total. The summed E-state index contributed by atoms with van der Waals surface area (Å²) in [5.41, 5.74) is 3.20. The number of phenols is 1. The molecule has 3 rings (SSSR count). The predicted octanol–water partition coefficient (Wildman–Crippen LogP) is 3.86. The summed E-state index contributed by atoms with van der Waals surface area (Å²) in [4.78, 5) is 14.5. The van der Waals surface area contributed by atoms with Gasteiger partial charge in [0.1, 0.15) is 5.75 Å². The zero-order valence-corrected chi connectivity index (χ0v) is 16.7. The van der Waals surface area contributed by atoms with Crippen molar-refractivity contribution in [2.24, 2.45) is 0 Å². The molecule has 1 aliphatic rings. The molecule has 1 heterocycles. The molecule has 0 saturated heterocycles. The fourth-order valence-electron chi connectivity index (χ4n) is 3.44. The van der Waals surface area contributed by atoms with Crippen molar-refractivity contribution in [3.63, 3.8) is 0 Å². The number of aromatic hydroxyl groups is 1. The molecule has 142 valence electrons. The van der Waals surface area contributed by atoms with Crippen LogP contribution in [0.15, 0.2) is 35.0 Å². The topological polar surface area (TPSA) is 64.6 Å². The molecule has 2 atom stereocenters. The van der Waals surface area contributed by atoms with E-state index in [1.165, 1.54) is 5.56 Å². The number of benzene rings is 1. The Hall–Kier alpha value is -1.76. The SMILES string of the molecule is CN(C)C(CNC(=O)NC1CCCc2c(O)cccc21)c1ccsc1.Cl. The van der Waals surface area contributed by atoms with E-state index < -0.39 is 0 Å². The molecule has 26 heavy (non-hydrogen) atoms. The van der Waals surface area contributed by atoms with E-state index in [9.17, 15) is 9.90 Å². The van der Waals surface area contributed by atoms with E-state index in [1.807, 2.05) is 26.2 Å². The van der Waals surface area contributed by atoms with Crippen LogP contribution in [0.5, 0.6) is 5.75 Å². The number of likely N-dealkylation sites (N-methyl/N-ethyl adjacent to an activating group) is 1. The number of carbonyl (C=O) groups excluding carboxylic acids is 1. The van der Waals surface area contributed by atoms with Crippen molar-refractivity contribution in [3.05, 3.63) is 51.7 Å². The van der Waals surface area contributed by atoms with Crippen molar-refractivity contribution >= 4 is 29.8 Å². The highest BCUT2D eigenvalue weighted by atomic mass is 35.5. The number of hydrogen-bond acceptors (Lipinski definition) is 4. The van der Waals surface area contributed by atoms with Crippen molar-refractivity contribution in [1.82, 2.24) is 15.5 Å². The maximum atomic E-state index is 12.4. The maximum absolute atomic E-state index is 12.4. The number of carbonyl (C=O) groups is 1. The van der Waals surface area contributed by atoms with Gasteiger partial charge in [0.25, 0.3) is 0 Å². The molecule has 1 aliphatic carbocycles. The summed E-state index contributed by atoms with van der Waals surface area (Å²) < 4.78 is 0. The summed E-state index contributed by atoms with van der Waals surface area (Å²) in [5.74, 6) is 0.328. The number of halogens is 1. The van der Waals surface area contributed by atoms with Crippen molar-refractivity contribution in [3.8, 4) is 5.75 Å². The molecule has 2 amide bonds. The van der Waals surface area contributed by atoms with Crippen molar-refractivity contribution < 1.29 is 9.90 Å². The van der Waals surface area contributed by atoms with Gasteiger partial charge >= 0.3 is 6.03 Å². The molecular formula is C19H26ClN3O2S. The van der Waals surface area contributed by atoms with Gasteiger partial charge in [-0.05, 0) is 72.9 Å². The van der Waals surface area contributed by atoms with Crippen LogP contribution >= 0.6 is 23.7 Å². The lowest BCUT2D eigenvalue weighted by molar-refractivity contribution is 0.228. The number of urea groups is 1. The first-order chi connectivity index (χ1) is 12.1. The molecular weight excluding hydrogens is 370 g/mol. The van der Waals surface area contributed by atoms with Crippen LogP contribution in [-0.4, -0.2) is 36.7 Å². The van der Waals surface area contributed by atoms with Gasteiger partial charge in [0, 0.05) is 6.54 Å². The van der Waals surface area contributed by atoms with E-state index >= 15 is 0 Å². The number of thiophene rings is 1. The summed E-state index contributed by atoms with van der Waals surface area (Å²) in [7, 11) is 4.03. The Morgan fingerprint density at radius 1 is 1.38 bits per heavy atom. The van der Waals surface area contributed by atoms with Crippen LogP contribution in [0, 0.1) is 0 Å². The van der Waals surface area contributed by atoms with Gasteiger partial charge in [-0.2, -0.15) is 11.3 Å². The summed E-state index contributed by atoms with van der Waals surface area (Å²) in [6.07, 6.45) is 2.72. The molecule has 0 aliphatic heterocycles. The Balaban J connectivity index is 0.00000243. The van der Waals surface area contributed by atoms with Gasteiger partial charge in [-0.25, -0.2) is 4.79 Å². The lowest BCUT2D eigenvalue weighted by Crippen LogP contribution is -2.42. The van der Waals surface area contributed by atoms with Crippen LogP contribution in [0.1, 0.15) is 41.6 Å². The molecule has 3 N–H and O–H groups in total. The molecule has 0 spiro atoms. The van der Waals surface area contributed by atoms with Crippen LogP contribution in [0.4, 0.5) is 4.79 Å². The van der Waals surface area contributed by atoms with Gasteiger partial charge in [-0.3, -0.25) is 0 Å². The second kappa shape index (κ2) is 9.26. The lowest BCUT2D eigenvalue weighted by atomic mass is 9.87. The second-order valence-electron chi connectivity index (χ2n) is 6.68. The van der Waals surface area contributed by atoms with Crippen LogP contribution < -0.4 is 10.6 Å². The monoisotopic (exact) mass is 395 g/mol. The minimum Gasteiger partial charge on any atom is -0.508 e. The van der Waals surface area contributed by atoms with Gasteiger partial charge in [0.2, 0.25) is 0 Å². The number of fused-ring (bicyclic) bond motifs is 1. The third-order valence-corrected chi connectivity index (χ3v) is 5.50. The minimum absolute atomic E-state index is 0. The Morgan fingerprint density at radius 3 is 2.88 bits per heavy atom. The first-order valence-electron chi connectivity index (χ1n) is 8.60. The second-order valence-corrected chi connectivity index (χ2v) is 7.46. The average molecular weight is 396 g/mol. The molecule has 0 fully saturated rings. The van der Waals surface area contributed by atoms with Gasteiger partial charge in [-0.1, -0.05) is 12.1 Å². The van der Waals surface area contributed by atoms with Gasteiger partial charge < -0.3 is 20.6 Å². The van der Waals surface area contributed by atoms with Crippen LogP contribution in [0.2, 0.25) is 0 Å². The Labute approximate surface area is 164 Å². The smallest absolute Gasteiger partial charge is 0.315 e. The molecule has 2 unspecified atom stereocenters. The molecule has 1 aromatic carbocycles. The van der Waals surface area contributed by atoms with E-state index in [0.717, 1.165) is 30.4 Å². The molecule has 0 bridgehead atoms. The van der Waals surface area contributed by atoms with Crippen LogP contribution in [-0.2, 0) is 6.42 Å². The fraction of sp³-hybridized carbons (Fsp3) is 0.421. The first-order valence-corrected chi connectivity index (χ1v) is 9.54. The highest BCUT2D eigenvalue weighted by Crippen LogP contribution is 2.34. The summed E-state index contributed by atoms with van der Waals surface area (Å²) in [5, 5.41) is 20.2. The number of amides is 2. The van der Waals surface area contributed by atoms with Gasteiger partial charge in [0.15, 0.2) is 0 Å². The molecule has 1 aromatic heterocycles. The third-order valence-electron chi connectivity index (χ3n) is 4.80. The Bertz CT molecular complexity index is 722. The number of hydrogen-bond donors (Lipinski definition) is 3. The number of phenolic OH excluding ortho intramolecular Hbond substituents is 1. The van der Waals surface area contributed by atoms with E-state index in [1.54, 1.807) is 17.4 Å². The normalized spacial score (nSPS) is 17.1. The third kappa shape index (κ3) is 4.69. The Kier molecular flexibility index (Phi) is 7.32. The quantitative estimate of drug-likeness (QED) is 0.720. The van der Waals surface area contributed by atoms with Crippen LogP contribution in [0.3, 0.4) is 0 Å². The average Bonchev–Trinajstić information content (AvgIpc) is 3.10. The van der Waals surface area contributed by atoms with Gasteiger partial charge in [-0.15, -0.1) is 12.4 Å². The standard InChI is InChI=1S/C19H25N3O2S.ClH/c1-22(2)17(13-9-10-25-12-13)11-20-19(24)21-16-7-3-6-15-14(16)5-4-8-18(15)23;/h4-5,8-10,12,16-17,23H,3,6-7,11H2,1-2H3,(H2,20,21,24);1H. The van der Waals surface area contributed by atoms with Gasteiger partial charge in [0.05, 0.1) is 12.1 Å². The van der Waals surface area contributed by atoms with E-state index in [2.05, 4.69) is 32.4 Å². The lowest BCUT2D eigenvalue weighted by Gasteiger charge is -2.28. The van der Waals surface area contributed by atoms with Crippen molar-refractivity contribution in [2.75, 3.05) is 20.6 Å². The van der Waals surface area contributed by atoms with E-state index in [4.69, 9.17) is 0 Å². The fourth-order valence-corrected chi connectivity index (χ4v) is 4.15. The zero-order valence-electron chi connectivity index (χ0n) is 15.1. The van der Waals surface area contributed by atoms with Crippen molar-refractivity contribution in [1.29, 1.82) is 0 Å². The number of rotatable bonds is 5. The summed E-state index contributed by atoms with van der Waals surface area (Å²) in [6.45, 7) is 0.551. The number of nitrogens with one attached hydrogen (secondary N) is 2. The van der Waals surface area contributed by atoms with E-state index in [0.29, 0.717) is 12.3 Å². The number of nitrogens with zero attached hydrogens (tertiary/aromatic N) is 1. The summed E-state index contributed by atoms with van der Waals surface area (Å²) in [6, 6.07) is 7.58. The predicted molar refractivity (Wildman–Crippen MR) is 108 cm³/mol. The zero-order chi connectivity index (χ0) is 17.8. The van der Waals surface area contributed by atoms with Crippen molar-refractivity contribution in [2.45, 2.75) is 31.3 Å². The summed E-state index contributed by atoms with van der Waals surface area (Å²) >= 11 is 1.66. The Morgan fingerprint density at radius 2 is 2.19 bits per heavy atom. The first kappa shape index (κ1) is 20.6. The largest absolute Gasteiger partial charge is 0.508 e. The molecule has 0 radical (unpaired) electrons. The molecule has 0 saturated carbocycles. The maximum Gasteiger partial charge on any atom is 0.315 e. The molecule has 7 heteroatoms. The highest BCUT2D eigenvalue weighted by molar-refractivity contribution is 7.07. The highest BCUT2D eigenvalue weighted by Gasteiger charge is 2.24. The minimum atomic E-state index is -0.164. The van der Waals surface area contributed by atoms with E-state index in [-0.39, 0.29) is 30.5 Å². The van der Waals surface area contributed by atoms with Crippen LogP contribution in [0.25, 0.3) is 0 Å². The molecule has 2 aromatic rings.